The number of aryl methyl sites for hydroxylation is 1. The summed E-state index contributed by atoms with van der Waals surface area (Å²) >= 11 is 0. The Hall–Kier alpha value is -1.68. The Kier molecular flexibility index (Phi) is 4.00. The zero-order valence-electron chi connectivity index (χ0n) is 11.2. The maximum Gasteiger partial charge on any atom is 0.126 e. The molecule has 2 atom stereocenters. The van der Waals surface area contributed by atoms with Crippen LogP contribution in [0.5, 0.6) is 0 Å². The molecule has 19 heavy (non-hydrogen) atoms. The van der Waals surface area contributed by atoms with E-state index < -0.39 is 11.6 Å². The van der Waals surface area contributed by atoms with Gasteiger partial charge in [0.15, 0.2) is 0 Å². The molecular weight excluding hydrogens is 248 g/mol. The zero-order valence-corrected chi connectivity index (χ0v) is 11.2. The first kappa shape index (κ1) is 13.7. The van der Waals surface area contributed by atoms with Crippen molar-refractivity contribution >= 4 is 0 Å². The van der Waals surface area contributed by atoms with Gasteiger partial charge in [0.2, 0.25) is 0 Å². The molecule has 2 aromatic rings. The number of rotatable bonds is 4. The topological polar surface area (TPSA) is 25.2 Å². The molecule has 2 rings (SSSR count). The van der Waals surface area contributed by atoms with Crippen molar-refractivity contribution < 1.29 is 13.2 Å². The maximum atomic E-state index is 13.2. The highest BCUT2D eigenvalue weighted by atomic mass is 19.1. The van der Waals surface area contributed by atoms with E-state index in [1.807, 2.05) is 32.9 Å². The fourth-order valence-electron chi connectivity index (χ4n) is 2.06. The van der Waals surface area contributed by atoms with E-state index in [-0.39, 0.29) is 12.1 Å². The van der Waals surface area contributed by atoms with Crippen molar-refractivity contribution in [2.75, 3.05) is 0 Å². The minimum atomic E-state index is -0.565. The van der Waals surface area contributed by atoms with Crippen molar-refractivity contribution in [2.45, 2.75) is 32.9 Å². The summed E-state index contributed by atoms with van der Waals surface area (Å²) in [5.41, 5.74) is 0.577. The first-order valence-corrected chi connectivity index (χ1v) is 6.24. The van der Waals surface area contributed by atoms with Crippen LogP contribution in [0.15, 0.2) is 34.7 Å². The fourth-order valence-corrected chi connectivity index (χ4v) is 2.06. The summed E-state index contributed by atoms with van der Waals surface area (Å²) < 4.78 is 31.9. The van der Waals surface area contributed by atoms with E-state index in [1.54, 1.807) is 0 Å². The molecule has 0 amide bonds. The van der Waals surface area contributed by atoms with Gasteiger partial charge in [0.05, 0.1) is 6.04 Å². The van der Waals surface area contributed by atoms with Gasteiger partial charge >= 0.3 is 0 Å². The van der Waals surface area contributed by atoms with Crippen LogP contribution in [0.4, 0.5) is 8.78 Å². The van der Waals surface area contributed by atoms with Crippen LogP contribution in [0.2, 0.25) is 0 Å². The lowest BCUT2D eigenvalue weighted by Crippen LogP contribution is -2.22. The summed E-state index contributed by atoms with van der Waals surface area (Å²) in [7, 11) is 0. The van der Waals surface area contributed by atoms with E-state index >= 15 is 0 Å². The van der Waals surface area contributed by atoms with Crippen LogP contribution in [0, 0.1) is 18.6 Å². The molecule has 0 aliphatic rings. The van der Waals surface area contributed by atoms with E-state index in [9.17, 15) is 8.78 Å². The van der Waals surface area contributed by atoms with Crippen LogP contribution in [0.1, 0.15) is 43.0 Å². The summed E-state index contributed by atoms with van der Waals surface area (Å²) in [6.07, 6.45) is 0. The van der Waals surface area contributed by atoms with Gasteiger partial charge in [0, 0.05) is 12.1 Å². The highest BCUT2D eigenvalue weighted by Gasteiger charge is 2.15. The third kappa shape index (κ3) is 3.41. The first-order valence-electron chi connectivity index (χ1n) is 6.24. The smallest absolute Gasteiger partial charge is 0.126 e. The molecule has 0 fully saturated rings. The van der Waals surface area contributed by atoms with Gasteiger partial charge in [0.1, 0.15) is 23.2 Å². The van der Waals surface area contributed by atoms with Crippen molar-refractivity contribution in [3.05, 3.63) is 59.1 Å². The quantitative estimate of drug-likeness (QED) is 0.892. The molecule has 0 aliphatic heterocycles. The second-order valence-corrected chi connectivity index (χ2v) is 4.76. The van der Waals surface area contributed by atoms with E-state index in [0.717, 1.165) is 17.6 Å². The molecule has 0 saturated heterocycles. The number of halogens is 2. The molecule has 0 spiro atoms. The summed E-state index contributed by atoms with van der Waals surface area (Å²) in [4.78, 5) is 0. The summed E-state index contributed by atoms with van der Waals surface area (Å²) in [6, 6.07) is 7.11. The average Bonchev–Trinajstić information content (AvgIpc) is 2.74. The van der Waals surface area contributed by atoms with Crippen LogP contribution < -0.4 is 5.32 Å². The SMILES string of the molecule is Cc1ccc(C(C)NC(C)c2cc(F)cc(F)c2)o1. The van der Waals surface area contributed by atoms with E-state index in [2.05, 4.69) is 5.32 Å². The zero-order chi connectivity index (χ0) is 14.0. The second-order valence-electron chi connectivity index (χ2n) is 4.76. The van der Waals surface area contributed by atoms with Gasteiger partial charge in [-0.05, 0) is 50.6 Å². The fraction of sp³-hybridized carbons (Fsp3) is 0.333. The third-order valence-electron chi connectivity index (χ3n) is 3.07. The van der Waals surface area contributed by atoms with E-state index in [4.69, 9.17) is 4.42 Å². The summed E-state index contributed by atoms with van der Waals surface area (Å²) in [6.45, 7) is 5.69. The van der Waals surface area contributed by atoms with Gasteiger partial charge in [-0.3, -0.25) is 0 Å². The Morgan fingerprint density at radius 2 is 1.63 bits per heavy atom. The highest BCUT2D eigenvalue weighted by molar-refractivity contribution is 5.21. The monoisotopic (exact) mass is 265 g/mol. The predicted molar refractivity (Wildman–Crippen MR) is 69.8 cm³/mol. The van der Waals surface area contributed by atoms with Crippen molar-refractivity contribution in [1.82, 2.24) is 5.32 Å². The van der Waals surface area contributed by atoms with Gasteiger partial charge in [-0.25, -0.2) is 8.78 Å². The number of nitrogens with one attached hydrogen (secondary N) is 1. The van der Waals surface area contributed by atoms with Crippen molar-refractivity contribution in [1.29, 1.82) is 0 Å². The average molecular weight is 265 g/mol. The van der Waals surface area contributed by atoms with Gasteiger partial charge in [0.25, 0.3) is 0 Å². The number of benzene rings is 1. The molecular formula is C15H17F2NO. The standard InChI is InChI=1S/C15H17F2NO/c1-9-4-5-15(19-9)11(3)18-10(2)12-6-13(16)8-14(17)7-12/h4-8,10-11,18H,1-3H3. The van der Waals surface area contributed by atoms with Gasteiger partial charge in [-0.1, -0.05) is 0 Å². The Morgan fingerprint density at radius 3 is 2.16 bits per heavy atom. The molecule has 0 saturated carbocycles. The van der Waals surface area contributed by atoms with Gasteiger partial charge < -0.3 is 9.73 Å². The summed E-state index contributed by atoms with van der Waals surface area (Å²) in [5.74, 6) is 0.518. The van der Waals surface area contributed by atoms with E-state index in [0.29, 0.717) is 5.56 Å². The molecule has 1 aromatic heterocycles. The molecule has 0 bridgehead atoms. The highest BCUT2D eigenvalue weighted by Crippen LogP contribution is 2.22. The lowest BCUT2D eigenvalue weighted by molar-refractivity contribution is 0.391. The third-order valence-corrected chi connectivity index (χ3v) is 3.07. The predicted octanol–water partition coefficient (Wildman–Crippen LogP) is 4.28. The number of hydrogen-bond donors (Lipinski definition) is 1. The molecule has 1 heterocycles. The molecule has 1 aromatic carbocycles. The largest absolute Gasteiger partial charge is 0.465 e. The molecule has 0 radical (unpaired) electrons. The lowest BCUT2D eigenvalue weighted by Gasteiger charge is -2.19. The van der Waals surface area contributed by atoms with Gasteiger partial charge in [-0.2, -0.15) is 0 Å². The summed E-state index contributed by atoms with van der Waals surface area (Å²) in [5, 5.41) is 3.25. The first-order chi connectivity index (χ1) is 8.95. The van der Waals surface area contributed by atoms with Crippen molar-refractivity contribution in [2.24, 2.45) is 0 Å². The number of furan rings is 1. The second kappa shape index (κ2) is 5.53. The minimum Gasteiger partial charge on any atom is -0.465 e. The van der Waals surface area contributed by atoms with Crippen LogP contribution in [0.3, 0.4) is 0 Å². The molecule has 102 valence electrons. The van der Waals surface area contributed by atoms with E-state index in [1.165, 1.54) is 12.1 Å². The van der Waals surface area contributed by atoms with Gasteiger partial charge in [-0.15, -0.1) is 0 Å². The maximum absolute atomic E-state index is 13.2. The number of hydrogen-bond acceptors (Lipinski definition) is 2. The molecule has 1 N–H and O–H groups in total. The van der Waals surface area contributed by atoms with Crippen LogP contribution in [-0.2, 0) is 0 Å². The normalized spacial score (nSPS) is 14.4. The molecule has 2 unspecified atom stereocenters. The molecule has 2 nitrogen and oxygen atoms in total. The Morgan fingerprint density at radius 1 is 1.00 bits per heavy atom. The van der Waals surface area contributed by atoms with Crippen molar-refractivity contribution in [3.8, 4) is 0 Å². The Labute approximate surface area is 111 Å². The Bertz CT molecular complexity index is 545. The Balaban J connectivity index is 2.10. The van der Waals surface area contributed by atoms with Crippen LogP contribution in [0.25, 0.3) is 0 Å². The van der Waals surface area contributed by atoms with Crippen LogP contribution in [-0.4, -0.2) is 0 Å². The lowest BCUT2D eigenvalue weighted by atomic mass is 10.1. The van der Waals surface area contributed by atoms with Crippen molar-refractivity contribution in [3.63, 3.8) is 0 Å². The minimum absolute atomic E-state index is 0.0324. The van der Waals surface area contributed by atoms with Crippen LogP contribution >= 0.6 is 0 Å². The molecule has 4 heteroatoms. The molecule has 0 aliphatic carbocycles.